The summed E-state index contributed by atoms with van der Waals surface area (Å²) in [5.74, 6) is 1.13. The van der Waals surface area contributed by atoms with Crippen molar-refractivity contribution in [3.05, 3.63) is 57.0 Å². The number of methoxy groups -OCH3 is 1. The number of ether oxygens (including phenoxy) is 1. The van der Waals surface area contributed by atoms with E-state index in [4.69, 9.17) is 4.74 Å². The zero-order valence-corrected chi connectivity index (χ0v) is 14.1. The van der Waals surface area contributed by atoms with Crippen LogP contribution in [-0.4, -0.2) is 28.5 Å². The van der Waals surface area contributed by atoms with Crippen molar-refractivity contribution in [1.82, 2.24) is 14.9 Å². The van der Waals surface area contributed by atoms with Crippen molar-refractivity contribution in [2.24, 2.45) is 0 Å². The molecule has 5 nitrogen and oxygen atoms in total. The first kappa shape index (κ1) is 16.6. The first-order valence-electron chi connectivity index (χ1n) is 8.26. The highest BCUT2D eigenvalue weighted by Gasteiger charge is 2.22. The summed E-state index contributed by atoms with van der Waals surface area (Å²) in [6, 6.07) is 4.73. The normalized spacial score (nSPS) is 14.5. The van der Waals surface area contributed by atoms with E-state index < -0.39 is 0 Å². The molecule has 2 aromatic rings. The molecule has 128 valence electrons. The maximum Gasteiger partial charge on any atom is 0.255 e. The van der Waals surface area contributed by atoms with Crippen molar-refractivity contribution >= 4 is 0 Å². The quantitative estimate of drug-likeness (QED) is 0.914. The van der Waals surface area contributed by atoms with Crippen LogP contribution < -0.4 is 10.3 Å². The van der Waals surface area contributed by atoms with Crippen LogP contribution in [0.3, 0.4) is 0 Å². The van der Waals surface area contributed by atoms with Gasteiger partial charge in [-0.3, -0.25) is 9.69 Å². The number of hydrogen-bond donors (Lipinski definition) is 1. The average Bonchev–Trinajstić information content (AvgIpc) is 2.58. The molecule has 0 saturated heterocycles. The monoisotopic (exact) mass is 331 g/mol. The number of aromatic nitrogens is 2. The smallest absolute Gasteiger partial charge is 0.255 e. The van der Waals surface area contributed by atoms with Gasteiger partial charge in [0, 0.05) is 38.0 Å². The molecule has 0 spiro atoms. The van der Waals surface area contributed by atoms with Gasteiger partial charge in [-0.05, 0) is 24.6 Å². The molecule has 0 amide bonds. The van der Waals surface area contributed by atoms with Crippen LogP contribution in [-0.2, 0) is 25.9 Å². The van der Waals surface area contributed by atoms with E-state index in [0.717, 1.165) is 30.9 Å². The Morgan fingerprint density at radius 3 is 3.00 bits per heavy atom. The SMILES string of the molecule is CCCc1nc2c(c(=O)[nH]1)CN(Cc1cc(OC)ccc1F)CC2. The molecular weight excluding hydrogens is 309 g/mol. The summed E-state index contributed by atoms with van der Waals surface area (Å²) >= 11 is 0. The van der Waals surface area contributed by atoms with Crippen LogP contribution in [0, 0.1) is 5.82 Å². The number of nitrogens with zero attached hydrogens (tertiary/aromatic N) is 2. The van der Waals surface area contributed by atoms with Gasteiger partial charge in [-0.15, -0.1) is 0 Å². The highest BCUT2D eigenvalue weighted by molar-refractivity contribution is 5.30. The minimum Gasteiger partial charge on any atom is -0.497 e. The van der Waals surface area contributed by atoms with Crippen LogP contribution in [0.5, 0.6) is 5.75 Å². The molecule has 0 aliphatic carbocycles. The van der Waals surface area contributed by atoms with Gasteiger partial charge >= 0.3 is 0 Å². The second kappa shape index (κ2) is 7.13. The zero-order valence-electron chi connectivity index (χ0n) is 14.1. The van der Waals surface area contributed by atoms with Crippen LogP contribution in [0.2, 0.25) is 0 Å². The lowest BCUT2D eigenvalue weighted by atomic mass is 10.1. The Labute approximate surface area is 140 Å². The lowest BCUT2D eigenvalue weighted by Gasteiger charge is -2.28. The molecule has 1 aromatic carbocycles. The number of aromatic amines is 1. The van der Waals surface area contributed by atoms with Crippen molar-refractivity contribution < 1.29 is 9.13 Å². The highest BCUT2D eigenvalue weighted by Crippen LogP contribution is 2.21. The molecule has 3 rings (SSSR count). The molecule has 2 heterocycles. The van der Waals surface area contributed by atoms with E-state index in [1.807, 2.05) is 0 Å². The third-order valence-electron chi connectivity index (χ3n) is 4.33. The molecule has 1 N–H and O–H groups in total. The third kappa shape index (κ3) is 3.48. The first-order valence-corrected chi connectivity index (χ1v) is 8.26. The van der Waals surface area contributed by atoms with Gasteiger partial charge < -0.3 is 9.72 Å². The standard InChI is InChI=1S/C18H22FN3O2/c1-3-4-17-20-16-7-8-22(11-14(16)18(23)21-17)10-12-9-13(24-2)5-6-15(12)19/h5-6,9H,3-4,7-8,10-11H2,1-2H3,(H,20,21,23). The average molecular weight is 331 g/mol. The van der Waals surface area contributed by atoms with E-state index in [1.54, 1.807) is 19.2 Å². The Morgan fingerprint density at radius 1 is 1.42 bits per heavy atom. The largest absolute Gasteiger partial charge is 0.497 e. The summed E-state index contributed by atoms with van der Waals surface area (Å²) in [5, 5.41) is 0. The summed E-state index contributed by atoms with van der Waals surface area (Å²) in [5.41, 5.74) is 2.08. The van der Waals surface area contributed by atoms with Crippen molar-refractivity contribution in [2.75, 3.05) is 13.7 Å². The summed E-state index contributed by atoms with van der Waals surface area (Å²) in [7, 11) is 1.56. The van der Waals surface area contributed by atoms with E-state index in [1.165, 1.54) is 6.07 Å². The first-order chi connectivity index (χ1) is 11.6. The summed E-state index contributed by atoms with van der Waals surface area (Å²) in [6.45, 7) is 3.74. The molecule has 1 aliphatic rings. The number of aryl methyl sites for hydroxylation is 1. The maximum atomic E-state index is 14.0. The van der Waals surface area contributed by atoms with Crippen molar-refractivity contribution in [3.63, 3.8) is 0 Å². The lowest BCUT2D eigenvalue weighted by Crippen LogP contribution is -2.36. The Bertz CT molecular complexity index is 788. The molecule has 24 heavy (non-hydrogen) atoms. The fourth-order valence-electron chi connectivity index (χ4n) is 3.06. The fourth-order valence-corrected chi connectivity index (χ4v) is 3.06. The van der Waals surface area contributed by atoms with Gasteiger partial charge in [0.05, 0.1) is 18.4 Å². The number of rotatable bonds is 5. The minimum atomic E-state index is -0.257. The van der Waals surface area contributed by atoms with Crippen LogP contribution in [0.15, 0.2) is 23.0 Å². The summed E-state index contributed by atoms with van der Waals surface area (Å²) in [6.07, 6.45) is 2.44. The fraction of sp³-hybridized carbons (Fsp3) is 0.444. The molecule has 0 atom stereocenters. The van der Waals surface area contributed by atoms with Gasteiger partial charge in [-0.2, -0.15) is 0 Å². The number of halogens is 1. The predicted molar refractivity (Wildman–Crippen MR) is 89.6 cm³/mol. The maximum absolute atomic E-state index is 14.0. The molecule has 1 aromatic heterocycles. The van der Waals surface area contributed by atoms with Crippen LogP contribution in [0.25, 0.3) is 0 Å². The predicted octanol–water partition coefficient (Wildman–Crippen LogP) is 2.43. The third-order valence-corrected chi connectivity index (χ3v) is 4.33. The second-order valence-electron chi connectivity index (χ2n) is 6.11. The number of benzene rings is 1. The lowest BCUT2D eigenvalue weighted by molar-refractivity contribution is 0.237. The van der Waals surface area contributed by atoms with E-state index in [0.29, 0.717) is 36.4 Å². The highest BCUT2D eigenvalue weighted by atomic mass is 19.1. The molecule has 0 saturated carbocycles. The van der Waals surface area contributed by atoms with Gasteiger partial charge in [0.2, 0.25) is 0 Å². The molecule has 0 radical (unpaired) electrons. The number of nitrogens with one attached hydrogen (secondary N) is 1. The number of H-pyrrole nitrogens is 1. The van der Waals surface area contributed by atoms with Gasteiger partial charge in [-0.25, -0.2) is 9.37 Å². The van der Waals surface area contributed by atoms with Gasteiger partial charge in [0.15, 0.2) is 0 Å². The van der Waals surface area contributed by atoms with Crippen LogP contribution in [0.4, 0.5) is 4.39 Å². The Kier molecular flexibility index (Phi) is 4.94. The molecular formula is C18H22FN3O2. The Balaban J connectivity index is 1.79. The molecule has 0 bridgehead atoms. The summed E-state index contributed by atoms with van der Waals surface area (Å²) < 4.78 is 19.2. The minimum absolute atomic E-state index is 0.0701. The molecule has 6 heteroatoms. The molecule has 0 fully saturated rings. The van der Waals surface area contributed by atoms with E-state index in [2.05, 4.69) is 21.8 Å². The number of hydrogen-bond acceptors (Lipinski definition) is 4. The van der Waals surface area contributed by atoms with E-state index >= 15 is 0 Å². The van der Waals surface area contributed by atoms with Crippen molar-refractivity contribution in [1.29, 1.82) is 0 Å². The number of fused-ring (bicyclic) bond motifs is 1. The molecule has 0 unspecified atom stereocenters. The Morgan fingerprint density at radius 2 is 2.25 bits per heavy atom. The van der Waals surface area contributed by atoms with Crippen molar-refractivity contribution in [3.8, 4) is 5.75 Å². The van der Waals surface area contributed by atoms with Crippen LogP contribution >= 0.6 is 0 Å². The molecule has 1 aliphatic heterocycles. The zero-order chi connectivity index (χ0) is 17.1. The topological polar surface area (TPSA) is 58.2 Å². The van der Waals surface area contributed by atoms with Crippen molar-refractivity contribution in [2.45, 2.75) is 39.3 Å². The van der Waals surface area contributed by atoms with Gasteiger partial charge in [-0.1, -0.05) is 6.92 Å². The van der Waals surface area contributed by atoms with E-state index in [-0.39, 0.29) is 11.4 Å². The second-order valence-corrected chi connectivity index (χ2v) is 6.11. The summed E-state index contributed by atoms with van der Waals surface area (Å²) in [4.78, 5) is 21.8. The van der Waals surface area contributed by atoms with E-state index in [9.17, 15) is 9.18 Å². The Hall–Kier alpha value is -2.21. The van der Waals surface area contributed by atoms with Gasteiger partial charge in [0.25, 0.3) is 5.56 Å². The van der Waals surface area contributed by atoms with Gasteiger partial charge in [0.1, 0.15) is 17.4 Å². The van der Waals surface area contributed by atoms with Crippen LogP contribution in [0.1, 0.15) is 36.0 Å².